The van der Waals surface area contributed by atoms with Gasteiger partial charge in [0.25, 0.3) is 0 Å². The van der Waals surface area contributed by atoms with Gasteiger partial charge < -0.3 is 9.73 Å². The van der Waals surface area contributed by atoms with E-state index in [1.165, 1.54) is 15.3 Å². The van der Waals surface area contributed by atoms with Crippen LogP contribution in [0.5, 0.6) is 0 Å². The molecule has 3 aromatic heterocycles. The average molecular weight is 423 g/mol. The van der Waals surface area contributed by atoms with Crippen LogP contribution in [0.1, 0.15) is 40.1 Å². The van der Waals surface area contributed by atoms with E-state index in [0.29, 0.717) is 6.54 Å². The zero-order valence-electron chi connectivity index (χ0n) is 16.1. The number of furan rings is 1. The molecular weight excluding hydrogens is 400 g/mol. The third-order valence-corrected chi connectivity index (χ3v) is 7.40. The molecule has 0 unspecified atom stereocenters. The van der Waals surface area contributed by atoms with Crippen LogP contribution in [0, 0.1) is 0 Å². The van der Waals surface area contributed by atoms with Crippen molar-refractivity contribution in [1.82, 2.24) is 10.2 Å². The van der Waals surface area contributed by atoms with Gasteiger partial charge in [0.1, 0.15) is 11.3 Å². The number of para-hydroxylation sites is 1. The Bertz CT molecular complexity index is 1100. The highest BCUT2D eigenvalue weighted by molar-refractivity contribution is 7.10. The normalized spacial score (nSPS) is 17.9. The van der Waals surface area contributed by atoms with Gasteiger partial charge in [-0.1, -0.05) is 24.3 Å². The van der Waals surface area contributed by atoms with E-state index in [1.54, 1.807) is 11.3 Å². The topological polar surface area (TPSA) is 45.5 Å². The summed E-state index contributed by atoms with van der Waals surface area (Å²) in [6, 6.07) is 16.4. The standard InChI is InChI=1S/C23H22N2O2S2/c1-15(19-13-16-5-2-3-6-18(16)27-19)24-22(26)14-25-10-8-20-17(9-12-29-20)23(25)21-7-4-11-28-21/h2-7,9,11-13,15,23H,8,10,14H2,1H3,(H,24,26)/t15-,23+/m1/s1. The van der Waals surface area contributed by atoms with Crippen LogP contribution in [0.4, 0.5) is 0 Å². The summed E-state index contributed by atoms with van der Waals surface area (Å²) in [6.45, 7) is 3.24. The third kappa shape index (κ3) is 3.64. The van der Waals surface area contributed by atoms with E-state index in [-0.39, 0.29) is 18.0 Å². The number of hydrogen-bond acceptors (Lipinski definition) is 5. The molecule has 4 nitrogen and oxygen atoms in total. The van der Waals surface area contributed by atoms with Crippen LogP contribution in [0.15, 0.2) is 63.7 Å². The van der Waals surface area contributed by atoms with E-state index in [2.05, 4.69) is 39.2 Å². The molecule has 6 heteroatoms. The molecule has 0 fully saturated rings. The Morgan fingerprint density at radius 2 is 2.10 bits per heavy atom. The predicted molar refractivity (Wildman–Crippen MR) is 119 cm³/mol. The molecule has 0 spiro atoms. The van der Waals surface area contributed by atoms with Crippen molar-refractivity contribution in [2.24, 2.45) is 0 Å². The van der Waals surface area contributed by atoms with Crippen LogP contribution in [-0.2, 0) is 11.2 Å². The molecular formula is C23H22N2O2S2. The minimum Gasteiger partial charge on any atom is -0.459 e. The minimum atomic E-state index is -0.170. The highest BCUT2D eigenvalue weighted by atomic mass is 32.1. The Labute approximate surface area is 177 Å². The van der Waals surface area contributed by atoms with Crippen LogP contribution < -0.4 is 5.32 Å². The summed E-state index contributed by atoms with van der Waals surface area (Å²) in [5, 5.41) is 8.45. The van der Waals surface area contributed by atoms with Crippen molar-refractivity contribution < 1.29 is 9.21 Å². The first-order valence-corrected chi connectivity index (χ1v) is 11.6. The predicted octanol–water partition coefficient (Wildman–Crippen LogP) is 5.38. The van der Waals surface area contributed by atoms with E-state index in [0.717, 1.165) is 29.7 Å². The fourth-order valence-corrected chi connectivity index (χ4v) is 5.86. The van der Waals surface area contributed by atoms with Crippen molar-refractivity contribution >= 4 is 39.5 Å². The molecule has 4 heterocycles. The van der Waals surface area contributed by atoms with Gasteiger partial charge in [-0.15, -0.1) is 22.7 Å². The van der Waals surface area contributed by atoms with Crippen molar-refractivity contribution in [3.63, 3.8) is 0 Å². The van der Waals surface area contributed by atoms with Gasteiger partial charge in [-0.05, 0) is 53.9 Å². The maximum Gasteiger partial charge on any atom is 0.234 e. The lowest BCUT2D eigenvalue weighted by atomic mass is 9.98. The maximum absolute atomic E-state index is 12.9. The summed E-state index contributed by atoms with van der Waals surface area (Å²) in [5.74, 6) is 0.811. The molecule has 1 N–H and O–H groups in total. The summed E-state index contributed by atoms with van der Waals surface area (Å²) in [6.07, 6.45) is 1.00. The number of nitrogens with one attached hydrogen (secondary N) is 1. The van der Waals surface area contributed by atoms with E-state index >= 15 is 0 Å². The Kier molecular flexibility index (Phi) is 4.99. The number of amides is 1. The van der Waals surface area contributed by atoms with Crippen molar-refractivity contribution in [3.05, 3.63) is 80.4 Å². The van der Waals surface area contributed by atoms with Gasteiger partial charge in [-0.2, -0.15) is 0 Å². The third-order valence-electron chi connectivity index (χ3n) is 5.47. The van der Waals surface area contributed by atoms with Crippen LogP contribution in [0.2, 0.25) is 0 Å². The summed E-state index contributed by atoms with van der Waals surface area (Å²) in [5.41, 5.74) is 2.20. The van der Waals surface area contributed by atoms with Gasteiger partial charge in [-0.3, -0.25) is 9.69 Å². The SMILES string of the molecule is C[C@@H](NC(=O)CN1CCc2sccc2[C@H]1c1cccs1)c1cc2ccccc2o1. The zero-order valence-corrected chi connectivity index (χ0v) is 17.8. The molecule has 4 aromatic rings. The molecule has 148 valence electrons. The quantitative estimate of drug-likeness (QED) is 0.470. The molecule has 0 aliphatic carbocycles. The monoisotopic (exact) mass is 422 g/mol. The van der Waals surface area contributed by atoms with Gasteiger partial charge in [0, 0.05) is 21.7 Å². The molecule has 0 saturated carbocycles. The first-order chi connectivity index (χ1) is 14.2. The summed E-state index contributed by atoms with van der Waals surface area (Å²) < 4.78 is 5.91. The van der Waals surface area contributed by atoms with Gasteiger partial charge in [-0.25, -0.2) is 0 Å². The molecule has 2 atom stereocenters. The second kappa shape index (κ2) is 7.78. The molecule has 1 aromatic carbocycles. The van der Waals surface area contributed by atoms with E-state index in [9.17, 15) is 4.79 Å². The van der Waals surface area contributed by atoms with E-state index in [4.69, 9.17) is 4.42 Å². The van der Waals surface area contributed by atoms with Gasteiger partial charge in [0.05, 0.1) is 18.6 Å². The molecule has 1 amide bonds. The average Bonchev–Trinajstić information content (AvgIpc) is 3.47. The molecule has 5 rings (SSSR count). The largest absolute Gasteiger partial charge is 0.459 e. The van der Waals surface area contributed by atoms with Gasteiger partial charge in [0.15, 0.2) is 0 Å². The first kappa shape index (κ1) is 18.6. The molecule has 0 saturated heterocycles. The van der Waals surface area contributed by atoms with Crippen molar-refractivity contribution in [2.75, 3.05) is 13.1 Å². The Hall–Kier alpha value is -2.41. The Morgan fingerprint density at radius 3 is 2.93 bits per heavy atom. The number of carbonyl (C=O) groups excluding carboxylic acids is 1. The van der Waals surface area contributed by atoms with E-state index < -0.39 is 0 Å². The first-order valence-electron chi connectivity index (χ1n) is 9.80. The molecule has 1 aliphatic rings. The van der Waals surface area contributed by atoms with Crippen LogP contribution in [0.3, 0.4) is 0 Å². The second-order valence-electron chi connectivity index (χ2n) is 7.41. The van der Waals surface area contributed by atoms with Gasteiger partial charge in [0.2, 0.25) is 5.91 Å². The second-order valence-corrected chi connectivity index (χ2v) is 9.39. The highest BCUT2D eigenvalue weighted by Gasteiger charge is 2.31. The highest BCUT2D eigenvalue weighted by Crippen LogP contribution is 2.39. The number of hydrogen-bond donors (Lipinski definition) is 1. The lowest BCUT2D eigenvalue weighted by molar-refractivity contribution is -0.123. The van der Waals surface area contributed by atoms with Crippen LogP contribution in [0.25, 0.3) is 11.0 Å². The van der Waals surface area contributed by atoms with Crippen molar-refractivity contribution in [2.45, 2.75) is 25.4 Å². The number of fused-ring (bicyclic) bond motifs is 2. The molecule has 0 radical (unpaired) electrons. The lowest BCUT2D eigenvalue weighted by Gasteiger charge is -2.35. The molecule has 1 aliphatic heterocycles. The summed E-state index contributed by atoms with van der Waals surface area (Å²) in [7, 11) is 0. The summed E-state index contributed by atoms with van der Waals surface area (Å²) >= 11 is 3.58. The fourth-order valence-electron chi connectivity index (χ4n) is 4.08. The van der Waals surface area contributed by atoms with E-state index in [1.807, 2.05) is 48.6 Å². The Morgan fingerprint density at radius 1 is 1.21 bits per heavy atom. The smallest absolute Gasteiger partial charge is 0.234 e. The fraction of sp³-hybridized carbons (Fsp3) is 0.261. The zero-order chi connectivity index (χ0) is 19.8. The minimum absolute atomic E-state index is 0.0261. The number of rotatable bonds is 5. The van der Waals surface area contributed by atoms with Crippen molar-refractivity contribution in [1.29, 1.82) is 0 Å². The lowest BCUT2D eigenvalue weighted by Crippen LogP contribution is -2.43. The molecule has 29 heavy (non-hydrogen) atoms. The number of thiophene rings is 2. The van der Waals surface area contributed by atoms with Crippen molar-refractivity contribution in [3.8, 4) is 0 Å². The number of benzene rings is 1. The van der Waals surface area contributed by atoms with Crippen LogP contribution in [-0.4, -0.2) is 23.9 Å². The maximum atomic E-state index is 12.9. The molecule has 0 bridgehead atoms. The van der Waals surface area contributed by atoms with Gasteiger partial charge >= 0.3 is 0 Å². The van der Waals surface area contributed by atoms with Crippen LogP contribution >= 0.6 is 22.7 Å². The Balaban J connectivity index is 1.32. The summed E-state index contributed by atoms with van der Waals surface area (Å²) in [4.78, 5) is 17.9. The number of nitrogens with zero attached hydrogens (tertiary/aromatic N) is 1. The number of carbonyl (C=O) groups is 1.